The number of amides is 1. The fourth-order valence-electron chi connectivity index (χ4n) is 1.26. The van der Waals surface area contributed by atoms with Crippen LogP contribution in [0.15, 0.2) is 18.2 Å². The summed E-state index contributed by atoms with van der Waals surface area (Å²) >= 11 is 0. The SMILES string of the molecule is NC(=O)C#Cc1ccc(CC(=O)O)c([N+](=O)[O-])c1. The number of nitrogens with zero attached hydrogens (tertiary/aromatic N) is 1. The van der Waals surface area contributed by atoms with Gasteiger partial charge in [-0.05, 0) is 12.0 Å². The molecule has 0 fully saturated rings. The maximum atomic E-state index is 10.8. The molecule has 0 atom stereocenters. The van der Waals surface area contributed by atoms with Crippen LogP contribution in [0.5, 0.6) is 0 Å². The summed E-state index contributed by atoms with van der Waals surface area (Å²) in [5, 5.41) is 19.4. The number of carbonyl (C=O) groups is 2. The number of carboxylic acids is 1. The summed E-state index contributed by atoms with van der Waals surface area (Å²) < 4.78 is 0. The Hall–Kier alpha value is -2.88. The minimum absolute atomic E-state index is 0.0668. The van der Waals surface area contributed by atoms with Crippen LogP contribution < -0.4 is 5.73 Å². The molecule has 0 unspecified atom stereocenters. The lowest BCUT2D eigenvalue weighted by Gasteiger charge is -2.00. The summed E-state index contributed by atoms with van der Waals surface area (Å²) in [6.45, 7) is 0. The lowest BCUT2D eigenvalue weighted by molar-refractivity contribution is -0.385. The number of nitrogens with two attached hydrogens (primary N) is 1. The van der Waals surface area contributed by atoms with Gasteiger partial charge in [-0.25, -0.2) is 0 Å². The van der Waals surface area contributed by atoms with E-state index in [2.05, 4.69) is 5.92 Å². The highest BCUT2D eigenvalue weighted by atomic mass is 16.6. The molecule has 0 aliphatic rings. The van der Waals surface area contributed by atoms with Crippen LogP contribution in [0.4, 0.5) is 5.69 Å². The van der Waals surface area contributed by atoms with Gasteiger partial charge in [-0.15, -0.1) is 0 Å². The molecule has 7 heteroatoms. The van der Waals surface area contributed by atoms with E-state index in [9.17, 15) is 19.7 Å². The standard InChI is InChI=1S/C11H8N2O5/c12-10(14)4-2-7-1-3-8(6-11(15)16)9(5-7)13(17)18/h1,3,5H,6H2,(H2,12,14)(H,15,16). The first-order valence-corrected chi connectivity index (χ1v) is 4.70. The Kier molecular flexibility index (Phi) is 3.99. The van der Waals surface area contributed by atoms with Gasteiger partial charge < -0.3 is 10.8 Å². The van der Waals surface area contributed by atoms with E-state index >= 15 is 0 Å². The van der Waals surface area contributed by atoms with Crippen molar-refractivity contribution in [2.75, 3.05) is 0 Å². The molecule has 0 bridgehead atoms. The molecular weight excluding hydrogens is 240 g/mol. The van der Waals surface area contributed by atoms with Crippen molar-refractivity contribution in [2.24, 2.45) is 5.73 Å². The summed E-state index contributed by atoms with van der Waals surface area (Å²) in [6, 6.07) is 3.78. The Balaban J connectivity index is 3.20. The van der Waals surface area contributed by atoms with E-state index < -0.39 is 23.2 Å². The van der Waals surface area contributed by atoms with Crippen molar-refractivity contribution < 1.29 is 19.6 Å². The Labute approximate surface area is 101 Å². The van der Waals surface area contributed by atoms with E-state index in [4.69, 9.17) is 10.8 Å². The highest BCUT2D eigenvalue weighted by Crippen LogP contribution is 2.20. The van der Waals surface area contributed by atoms with Gasteiger partial charge in [0.15, 0.2) is 0 Å². The van der Waals surface area contributed by atoms with E-state index in [-0.39, 0.29) is 16.8 Å². The lowest BCUT2D eigenvalue weighted by Crippen LogP contribution is -2.06. The van der Waals surface area contributed by atoms with Crippen LogP contribution in [0, 0.1) is 22.0 Å². The maximum absolute atomic E-state index is 10.8. The van der Waals surface area contributed by atoms with Crippen molar-refractivity contribution in [3.63, 3.8) is 0 Å². The molecule has 3 N–H and O–H groups in total. The van der Waals surface area contributed by atoms with Gasteiger partial charge in [-0.2, -0.15) is 0 Å². The number of carbonyl (C=O) groups excluding carboxylic acids is 1. The zero-order valence-electron chi connectivity index (χ0n) is 9.04. The number of hydrogen-bond acceptors (Lipinski definition) is 4. The molecular formula is C11H8N2O5. The van der Waals surface area contributed by atoms with Crippen LogP contribution in [0.2, 0.25) is 0 Å². The van der Waals surface area contributed by atoms with Gasteiger partial charge in [0, 0.05) is 17.2 Å². The maximum Gasteiger partial charge on any atom is 0.308 e. The highest BCUT2D eigenvalue weighted by molar-refractivity contribution is 5.92. The topological polar surface area (TPSA) is 124 Å². The molecule has 1 aromatic rings. The van der Waals surface area contributed by atoms with Crippen molar-refractivity contribution in [3.8, 4) is 11.8 Å². The average Bonchev–Trinajstić information content (AvgIpc) is 2.26. The van der Waals surface area contributed by atoms with E-state index in [0.717, 1.165) is 6.07 Å². The quantitative estimate of drug-likeness (QED) is 0.444. The third kappa shape index (κ3) is 3.61. The molecule has 0 aromatic heterocycles. The predicted octanol–water partition coefficient (Wildman–Crippen LogP) is 0.0587. The molecule has 0 saturated carbocycles. The molecule has 0 saturated heterocycles. The Morgan fingerprint density at radius 3 is 2.61 bits per heavy atom. The fraction of sp³-hybridized carbons (Fsp3) is 0.0909. The average molecular weight is 248 g/mol. The number of carboxylic acid groups (broad SMARTS) is 1. The number of benzene rings is 1. The molecule has 7 nitrogen and oxygen atoms in total. The normalized spacial score (nSPS) is 9.11. The van der Waals surface area contributed by atoms with Crippen LogP contribution in [-0.2, 0) is 16.0 Å². The summed E-state index contributed by atoms with van der Waals surface area (Å²) in [6.07, 6.45) is -0.458. The largest absolute Gasteiger partial charge is 0.481 e. The second-order valence-electron chi connectivity index (χ2n) is 3.29. The monoisotopic (exact) mass is 248 g/mol. The molecule has 0 spiro atoms. The van der Waals surface area contributed by atoms with Crippen molar-refractivity contribution in [1.82, 2.24) is 0 Å². The van der Waals surface area contributed by atoms with E-state index in [1.165, 1.54) is 12.1 Å². The summed E-state index contributed by atoms with van der Waals surface area (Å²) in [4.78, 5) is 31.0. The highest BCUT2D eigenvalue weighted by Gasteiger charge is 2.16. The number of nitro groups is 1. The molecule has 0 radical (unpaired) electrons. The zero-order valence-corrected chi connectivity index (χ0v) is 9.04. The van der Waals surface area contributed by atoms with E-state index in [1.807, 2.05) is 5.92 Å². The third-order valence-electron chi connectivity index (χ3n) is 1.95. The molecule has 18 heavy (non-hydrogen) atoms. The molecule has 92 valence electrons. The van der Waals surface area contributed by atoms with E-state index in [1.54, 1.807) is 0 Å². The van der Waals surface area contributed by atoms with E-state index in [0.29, 0.717) is 0 Å². The minimum atomic E-state index is -1.17. The molecule has 0 aliphatic carbocycles. The van der Waals surface area contributed by atoms with Gasteiger partial charge >= 0.3 is 5.97 Å². The molecule has 0 aliphatic heterocycles. The van der Waals surface area contributed by atoms with Gasteiger partial charge in [-0.3, -0.25) is 19.7 Å². The van der Waals surface area contributed by atoms with Gasteiger partial charge in [0.2, 0.25) is 0 Å². The number of primary amides is 1. The van der Waals surface area contributed by atoms with Crippen LogP contribution in [0.3, 0.4) is 0 Å². The van der Waals surface area contributed by atoms with Crippen molar-refractivity contribution in [3.05, 3.63) is 39.4 Å². The first-order valence-electron chi connectivity index (χ1n) is 4.70. The van der Waals surface area contributed by atoms with Crippen LogP contribution >= 0.6 is 0 Å². The number of rotatable bonds is 3. The second-order valence-corrected chi connectivity index (χ2v) is 3.29. The van der Waals surface area contributed by atoms with Gasteiger partial charge in [0.1, 0.15) is 0 Å². The Morgan fingerprint density at radius 1 is 1.44 bits per heavy atom. The van der Waals surface area contributed by atoms with Gasteiger partial charge in [0.05, 0.1) is 11.3 Å². The smallest absolute Gasteiger partial charge is 0.308 e. The lowest BCUT2D eigenvalue weighted by atomic mass is 10.1. The first kappa shape index (κ1) is 13.2. The number of nitro benzene ring substituents is 1. The number of aliphatic carboxylic acids is 1. The second kappa shape index (κ2) is 5.45. The van der Waals surface area contributed by atoms with Gasteiger partial charge in [0.25, 0.3) is 11.6 Å². The van der Waals surface area contributed by atoms with Crippen molar-refractivity contribution in [2.45, 2.75) is 6.42 Å². The summed E-state index contributed by atoms with van der Waals surface area (Å²) in [5.41, 5.74) is 4.74. The molecule has 0 heterocycles. The van der Waals surface area contributed by atoms with Crippen molar-refractivity contribution >= 4 is 17.6 Å². The van der Waals surface area contributed by atoms with Crippen LogP contribution in [-0.4, -0.2) is 21.9 Å². The summed E-state index contributed by atoms with van der Waals surface area (Å²) in [5.74, 6) is 2.36. The third-order valence-corrected chi connectivity index (χ3v) is 1.95. The summed E-state index contributed by atoms with van der Waals surface area (Å²) in [7, 11) is 0. The fourth-order valence-corrected chi connectivity index (χ4v) is 1.26. The minimum Gasteiger partial charge on any atom is -0.481 e. The van der Waals surface area contributed by atoms with Gasteiger partial charge in [-0.1, -0.05) is 12.0 Å². The van der Waals surface area contributed by atoms with Crippen LogP contribution in [0.1, 0.15) is 11.1 Å². The Morgan fingerprint density at radius 2 is 2.11 bits per heavy atom. The Bertz CT molecular complexity index is 583. The van der Waals surface area contributed by atoms with Crippen molar-refractivity contribution in [1.29, 1.82) is 0 Å². The first-order chi connectivity index (χ1) is 8.40. The zero-order chi connectivity index (χ0) is 13.7. The molecule has 1 aromatic carbocycles. The molecule has 1 rings (SSSR count). The predicted molar refractivity (Wildman–Crippen MR) is 60.5 cm³/mol. The molecule has 1 amide bonds. The van der Waals surface area contributed by atoms with Crippen LogP contribution in [0.25, 0.3) is 0 Å². The number of hydrogen-bond donors (Lipinski definition) is 2.